The van der Waals surface area contributed by atoms with E-state index >= 15 is 0 Å². The lowest BCUT2D eigenvalue weighted by Crippen LogP contribution is -2.07. The fraction of sp³-hybridized carbons (Fsp3) is 0.0909. The van der Waals surface area contributed by atoms with E-state index in [0.717, 1.165) is 16.7 Å². The number of hydrogen-bond donors (Lipinski definition) is 0. The van der Waals surface area contributed by atoms with E-state index in [1.807, 2.05) is 66.7 Å². The zero-order valence-electron chi connectivity index (χ0n) is 13.5. The SMILES string of the molecule is O=C(C[C@H]1OC(=O)c2ccccc21)c1ccc(-c2ccccc2)cc1. The summed E-state index contributed by atoms with van der Waals surface area (Å²) in [6.45, 7) is 0. The lowest BCUT2D eigenvalue weighted by atomic mass is 9.97. The number of ketones is 1. The average molecular weight is 328 g/mol. The van der Waals surface area contributed by atoms with Crippen LogP contribution in [0.1, 0.15) is 38.8 Å². The van der Waals surface area contributed by atoms with Gasteiger partial charge in [0.15, 0.2) is 5.78 Å². The maximum absolute atomic E-state index is 12.6. The third-order valence-electron chi connectivity index (χ3n) is 4.46. The summed E-state index contributed by atoms with van der Waals surface area (Å²) in [7, 11) is 0. The molecule has 1 heterocycles. The van der Waals surface area contributed by atoms with E-state index in [4.69, 9.17) is 4.74 Å². The van der Waals surface area contributed by atoms with E-state index in [1.54, 1.807) is 12.1 Å². The number of cyclic esters (lactones) is 1. The van der Waals surface area contributed by atoms with Gasteiger partial charge in [-0.3, -0.25) is 4.79 Å². The van der Waals surface area contributed by atoms with Crippen LogP contribution >= 0.6 is 0 Å². The first-order valence-corrected chi connectivity index (χ1v) is 8.21. The molecule has 122 valence electrons. The molecule has 0 unspecified atom stereocenters. The fourth-order valence-electron chi connectivity index (χ4n) is 3.14. The van der Waals surface area contributed by atoms with Crippen molar-refractivity contribution in [2.24, 2.45) is 0 Å². The second kappa shape index (κ2) is 6.36. The van der Waals surface area contributed by atoms with Crippen LogP contribution in [0.25, 0.3) is 11.1 Å². The molecule has 0 fully saturated rings. The second-order valence-electron chi connectivity index (χ2n) is 6.05. The van der Waals surface area contributed by atoms with Crippen molar-refractivity contribution in [3.05, 3.63) is 95.6 Å². The summed E-state index contributed by atoms with van der Waals surface area (Å²) in [6, 6.07) is 24.8. The first-order valence-electron chi connectivity index (χ1n) is 8.21. The lowest BCUT2D eigenvalue weighted by Gasteiger charge is -2.10. The molecule has 1 aliphatic rings. The van der Waals surface area contributed by atoms with Gasteiger partial charge in [-0.05, 0) is 17.2 Å². The number of fused-ring (bicyclic) bond motifs is 1. The molecule has 3 aromatic carbocycles. The predicted molar refractivity (Wildman–Crippen MR) is 95.4 cm³/mol. The lowest BCUT2D eigenvalue weighted by molar-refractivity contribution is 0.0367. The molecule has 3 heteroatoms. The Bertz CT molecular complexity index is 927. The summed E-state index contributed by atoms with van der Waals surface area (Å²) in [5.41, 5.74) is 4.15. The number of benzene rings is 3. The van der Waals surface area contributed by atoms with Gasteiger partial charge in [0.2, 0.25) is 0 Å². The van der Waals surface area contributed by atoms with Crippen LogP contribution in [0.15, 0.2) is 78.9 Å². The highest BCUT2D eigenvalue weighted by atomic mass is 16.5. The Morgan fingerprint density at radius 3 is 2.20 bits per heavy atom. The van der Waals surface area contributed by atoms with Crippen molar-refractivity contribution < 1.29 is 14.3 Å². The van der Waals surface area contributed by atoms with E-state index in [9.17, 15) is 9.59 Å². The number of rotatable bonds is 4. The molecule has 0 aromatic heterocycles. The minimum Gasteiger partial charge on any atom is -0.453 e. The van der Waals surface area contributed by atoms with Crippen molar-refractivity contribution in [3.63, 3.8) is 0 Å². The summed E-state index contributed by atoms with van der Waals surface area (Å²) >= 11 is 0. The van der Waals surface area contributed by atoms with Gasteiger partial charge in [-0.15, -0.1) is 0 Å². The molecule has 25 heavy (non-hydrogen) atoms. The summed E-state index contributed by atoms with van der Waals surface area (Å²) in [5, 5.41) is 0. The van der Waals surface area contributed by atoms with E-state index < -0.39 is 6.10 Å². The van der Waals surface area contributed by atoms with Crippen LogP contribution in [0.2, 0.25) is 0 Å². The minimum absolute atomic E-state index is 0.0332. The summed E-state index contributed by atoms with van der Waals surface area (Å²) in [5.74, 6) is -0.387. The topological polar surface area (TPSA) is 43.4 Å². The summed E-state index contributed by atoms with van der Waals surface area (Å²) in [4.78, 5) is 24.4. The first-order chi connectivity index (χ1) is 12.2. The summed E-state index contributed by atoms with van der Waals surface area (Å²) in [6.07, 6.45) is -0.335. The van der Waals surface area contributed by atoms with Gasteiger partial charge >= 0.3 is 5.97 Å². The van der Waals surface area contributed by atoms with Crippen molar-refractivity contribution in [3.8, 4) is 11.1 Å². The molecule has 0 amide bonds. The van der Waals surface area contributed by atoms with Crippen LogP contribution in [0.5, 0.6) is 0 Å². The maximum Gasteiger partial charge on any atom is 0.339 e. The largest absolute Gasteiger partial charge is 0.453 e. The highest BCUT2D eigenvalue weighted by Crippen LogP contribution is 2.33. The number of carbonyl (C=O) groups is 2. The Hall–Kier alpha value is -3.20. The van der Waals surface area contributed by atoms with Crippen LogP contribution in [-0.2, 0) is 4.74 Å². The van der Waals surface area contributed by atoms with Crippen molar-refractivity contribution in [1.29, 1.82) is 0 Å². The van der Waals surface area contributed by atoms with Crippen LogP contribution in [0.4, 0.5) is 0 Å². The van der Waals surface area contributed by atoms with Crippen LogP contribution in [-0.4, -0.2) is 11.8 Å². The molecule has 1 aliphatic heterocycles. The van der Waals surface area contributed by atoms with Crippen molar-refractivity contribution in [2.75, 3.05) is 0 Å². The number of hydrogen-bond acceptors (Lipinski definition) is 3. The molecule has 3 nitrogen and oxygen atoms in total. The molecule has 0 saturated heterocycles. The molecule has 0 N–H and O–H groups in total. The van der Waals surface area contributed by atoms with Crippen molar-refractivity contribution in [2.45, 2.75) is 12.5 Å². The third kappa shape index (κ3) is 2.96. The molecule has 0 radical (unpaired) electrons. The zero-order chi connectivity index (χ0) is 17.2. The number of Topliss-reactive ketones (excluding diaryl/α,β-unsaturated/α-hetero) is 1. The monoisotopic (exact) mass is 328 g/mol. The minimum atomic E-state index is -0.495. The molecule has 3 aromatic rings. The van der Waals surface area contributed by atoms with E-state index in [2.05, 4.69) is 0 Å². The van der Waals surface area contributed by atoms with Crippen LogP contribution in [0, 0.1) is 0 Å². The molecule has 1 atom stereocenters. The smallest absolute Gasteiger partial charge is 0.339 e. The van der Waals surface area contributed by atoms with E-state index in [0.29, 0.717) is 11.1 Å². The fourth-order valence-corrected chi connectivity index (χ4v) is 3.14. The third-order valence-corrected chi connectivity index (χ3v) is 4.46. The molecular weight excluding hydrogens is 312 g/mol. The van der Waals surface area contributed by atoms with Gasteiger partial charge < -0.3 is 4.74 Å². The van der Waals surface area contributed by atoms with Crippen molar-refractivity contribution in [1.82, 2.24) is 0 Å². The molecule has 4 rings (SSSR count). The molecule has 0 aliphatic carbocycles. The Balaban J connectivity index is 1.52. The van der Waals surface area contributed by atoms with Gasteiger partial charge in [0, 0.05) is 11.1 Å². The normalized spacial score (nSPS) is 15.5. The first kappa shape index (κ1) is 15.3. The van der Waals surface area contributed by atoms with E-state index in [1.165, 1.54) is 0 Å². The molecular formula is C22H16O3. The Kier molecular flexibility index (Phi) is 3.90. The number of esters is 1. The second-order valence-corrected chi connectivity index (χ2v) is 6.05. The van der Waals surface area contributed by atoms with E-state index in [-0.39, 0.29) is 18.2 Å². The van der Waals surface area contributed by atoms with Crippen molar-refractivity contribution >= 4 is 11.8 Å². The maximum atomic E-state index is 12.6. The van der Waals surface area contributed by atoms with Crippen LogP contribution < -0.4 is 0 Å². The van der Waals surface area contributed by atoms with Gasteiger partial charge in [-0.2, -0.15) is 0 Å². The predicted octanol–water partition coefficient (Wildman–Crippen LogP) is 4.84. The van der Waals surface area contributed by atoms with Gasteiger partial charge in [-0.25, -0.2) is 4.79 Å². The molecule has 0 saturated carbocycles. The standard InChI is InChI=1S/C22H16O3/c23-20(14-21-18-8-4-5-9-19(18)22(24)25-21)17-12-10-16(11-13-17)15-6-2-1-3-7-15/h1-13,21H,14H2/t21-/m1/s1. The highest BCUT2D eigenvalue weighted by molar-refractivity contribution is 5.99. The quantitative estimate of drug-likeness (QED) is 0.508. The summed E-state index contributed by atoms with van der Waals surface area (Å²) < 4.78 is 5.36. The van der Waals surface area contributed by atoms with Gasteiger partial charge in [-0.1, -0.05) is 72.8 Å². The molecule has 0 bridgehead atoms. The highest BCUT2D eigenvalue weighted by Gasteiger charge is 2.32. The Labute approximate surface area is 145 Å². The Morgan fingerprint density at radius 2 is 1.44 bits per heavy atom. The van der Waals surface area contributed by atoms with Crippen LogP contribution in [0.3, 0.4) is 0 Å². The van der Waals surface area contributed by atoms with Gasteiger partial charge in [0.05, 0.1) is 12.0 Å². The van der Waals surface area contributed by atoms with Gasteiger partial charge in [0.25, 0.3) is 0 Å². The zero-order valence-corrected chi connectivity index (χ0v) is 13.5. The average Bonchev–Trinajstić information content (AvgIpc) is 2.98. The van der Waals surface area contributed by atoms with Gasteiger partial charge in [0.1, 0.15) is 6.10 Å². The number of ether oxygens (including phenoxy) is 1. The Morgan fingerprint density at radius 1 is 0.800 bits per heavy atom. The number of carbonyl (C=O) groups excluding carboxylic acids is 2. The molecule has 0 spiro atoms.